The molecule has 1 N–H and O–H groups in total. The van der Waals surface area contributed by atoms with Crippen molar-refractivity contribution in [2.24, 2.45) is 0 Å². The summed E-state index contributed by atoms with van der Waals surface area (Å²) in [7, 11) is 0. The van der Waals surface area contributed by atoms with E-state index in [0.29, 0.717) is 53.5 Å². The molecule has 2 heterocycles. The van der Waals surface area contributed by atoms with Gasteiger partial charge in [-0.3, -0.25) is 9.59 Å². The number of carbonyl (C=O) groups excluding carboxylic acids is 3. The van der Waals surface area contributed by atoms with E-state index >= 15 is 0 Å². The SMILES string of the molecule is O=C1C(=O)c2ccccc2C2=C1SCC1(CCN(C(=O)Nc3ccccc3)CC1)O2. The summed E-state index contributed by atoms with van der Waals surface area (Å²) >= 11 is 1.41. The first kappa shape index (κ1) is 18.9. The minimum absolute atomic E-state index is 0.122. The van der Waals surface area contributed by atoms with Crippen molar-refractivity contribution in [1.29, 1.82) is 0 Å². The molecule has 0 aromatic heterocycles. The molecule has 5 rings (SSSR count). The van der Waals surface area contributed by atoms with E-state index in [1.165, 1.54) is 11.8 Å². The summed E-state index contributed by atoms with van der Waals surface area (Å²) in [5.74, 6) is 0.168. The molecular formula is C23H20N2O4S. The number of fused-ring (bicyclic) bond motifs is 2. The Morgan fingerprint density at radius 2 is 1.60 bits per heavy atom. The van der Waals surface area contributed by atoms with Gasteiger partial charge in [-0.25, -0.2) is 4.79 Å². The predicted octanol–water partition coefficient (Wildman–Crippen LogP) is 3.95. The van der Waals surface area contributed by atoms with Gasteiger partial charge in [0.15, 0.2) is 0 Å². The summed E-state index contributed by atoms with van der Waals surface area (Å²) in [5.41, 5.74) is 1.41. The van der Waals surface area contributed by atoms with Crippen molar-refractivity contribution in [2.45, 2.75) is 18.4 Å². The van der Waals surface area contributed by atoms with Gasteiger partial charge in [0.1, 0.15) is 16.3 Å². The number of carbonyl (C=O) groups is 3. The Balaban J connectivity index is 1.32. The van der Waals surface area contributed by atoms with Gasteiger partial charge in [-0.2, -0.15) is 0 Å². The fourth-order valence-corrected chi connectivity index (χ4v) is 5.36. The number of urea groups is 1. The Kier molecular flexibility index (Phi) is 4.62. The van der Waals surface area contributed by atoms with Gasteiger partial charge in [0.2, 0.25) is 11.6 Å². The van der Waals surface area contributed by atoms with Crippen LogP contribution in [0.5, 0.6) is 0 Å². The Morgan fingerprint density at radius 3 is 2.33 bits per heavy atom. The van der Waals surface area contributed by atoms with Gasteiger partial charge in [0.05, 0.1) is 0 Å². The molecule has 0 bridgehead atoms. The molecule has 30 heavy (non-hydrogen) atoms. The lowest BCUT2D eigenvalue weighted by atomic mass is 9.90. The van der Waals surface area contributed by atoms with E-state index in [1.807, 2.05) is 42.5 Å². The van der Waals surface area contributed by atoms with Crippen molar-refractivity contribution in [2.75, 3.05) is 24.2 Å². The number of anilines is 1. The Bertz CT molecular complexity index is 1070. The standard InChI is InChI=1S/C23H20N2O4S/c26-18-16-8-4-5-9-17(16)20-21(19(18)27)30-14-23(29-20)10-12-25(13-11-23)22(28)24-15-6-2-1-3-7-15/h1-9H,10-14H2,(H,24,28). The summed E-state index contributed by atoms with van der Waals surface area (Å²) in [6, 6.07) is 16.4. The molecular weight excluding hydrogens is 400 g/mol. The number of thioether (sulfide) groups is 1. The van der Waals surface area contributed by atoms with E-state index in [0.717, 1.165) is 5.69 Å². The first-order valence-corrected chi connectivity index (χ1v) is 10.9. The number of hydrogen-bond donors (Lipinski definition) is 1. The summed E-state index contributed by atoms with van der Waals surface area (Å²) in [6.07, 6.45) is 1.34. The second-order valence-electron chi connectivity index (χ2n) is 7.72. The van der Waals surface area contributed by atoms with Gasteiger partial charge in [0.25, 0.3) is 0 Å². The number of rotatable bonds is 1. The number of nitrogens with zero attached hydrogens (tertiary/aromatic N) is 1. The summed E-state index contributed by atoms with van der Waals surface area (Å²) < 4.78 is 6.44. The van der Waals surface area contributed by atoms with Crippen LogP contribution < -0.4 is 5.32 Å². The van der Waals surface area contributed by atoms with Crippen LogP contribution >= 0.6 is 11.8 Å². The van der Waals surface area contributed by atoms with Gasteiger partial charge < -0.3 is 15.0 Å². The topological polar surface area (TPSA) is 75.7 Å². The maximum atomic E-state index is 12.6. The van der Waals surface area contributed by atoms with Crippen LogP contribution in [0.15, 0.2) is 59.5 Å². The van der Waals surface area contributed by atoms with Crippen LogP contribution in [-0.2, 0) is 9.53 Å². The van der Waals surface area contributed by atoms with E-state index in [-0.39, 0.29) is 6.03 Å². The Hall–Kier alpha value is -3.06. The Morgan fingerprint density at radius 1 is 0.933 bits per heavy atom. The van der Waals surface area contributed by atoms with Crippen LogP contribution in [0.2, 0.25) is 0 Å². The zero-order valence-corrected chi connectivity index (χ0v) is 17.0. The molecule has 0 saturated carbocycles. The van der Waals surface area contributed by atoms with Crippen molar-refractivity contribution in [3.63, 3.8) is 0 Å². The van der Waals surface area contributed by atoms with E-state index in [2.05, 4.69) is 5.32 Å². The largest absolute Gasteiger partial charge is 0.484 e. The van der Waals surface area contributed by atoms with Gasteiger partial charge in [0, 0.05) is 48.5 Å². The van der Waals surface area contributed by atoms with E-state index in [4.69, 9.17) is 4.74 Å². The van der Waals surface area contributed by atoms with Crippen molar-refractivity contribution < 1.29 is 19.1 Å². The quantitative estimate of drug-likeness (QED) is 0.707. The van der Waals surface area contributed by atoms with E-state index in [1.54, 1.807) is 17.0 Å². The number of nitrogens with one attached hydrogen (secondary N) is 1. The fraction of sp³-hybridized carbons (Fsp3) is 0.261. The Labute approximate surface area is 178 Å². The van der Waals surface area contributed by atoms with Crippen molar-refractivity contribution >= 4 is 40.8 Å². The molecule has 7 heteroatoms. The number of piperidine rings is 1. The third kappa shape index (κ3) is 3.19. The number of Topliss-reactive ketones (excluding diaryl/α,β-unsaturated/α-hetero) is 2. The molecule has 2 aromatic rings. The van der Waals surface area contributed by atoms with E-state index < -0.39 is 17.2 Å². The predicted molar refractivity (Wildman–Crippen MR) is 115 cm³/mol. The zero-order chi connectivity index (χ0) is 20.7. The normalized spacial score (nSPS) is 19.8. The minimum atomic E-state index is -0.483. The number of ether oxygens (including phenoxy) is 1. The van der Waals surface area contributed by atoms with E-state index in [9.17, 15) is 14.4 Å². The molecule has 1 saturated heterocycles. The van der Waals surface area contributed by atoms with Crippen molar-refractivity contribution in [1.82, 2.24) is 4.90 Å². The number of likely N-dealkylation sites (tertiary alicyclic amines) is 1. The first-order valence-electron chi connectivity index (χ1n) is 9.92. The molecule has 0 unspecified atom stereocenters. The highest BCUT2D eigenvalue weighted by Gasteiger charge is 2.46. The fourth-order valence-electron chi connectivity index (χ4n) is 4.10. The van der Waals surface area contributed by atoms with Crippen LogP contribution in [0.25, 0.3) is 5.76 Å². The molecule has 2 amide bonds. The van der Waals surface area contributed by atoms with Crippen LogP contribution in [-0.4, -0.2) is 46.9 Å². The smallest absolute Gasteiger partial charge is 0.321 e. The second-order valence-corrected chi connectivity index (χ2v) is 8.70. The number of ketones is 2. The summed E-state index contributed by atoms with van der Waals surface area (Å²) in [5, 5.41) is 2.92. The number of para-hydroxylation sites is 1. The first-order chi connectivity index (χ1) is 14.6. The van der Waals surface area contributed by atoms with Gasteiger partial charge >= 0.3 is 6.03 Å². The van der Waals surface area contributed by atoms with Crippen LogP contribution in [0.1, 0.15) is 28.8 Å². The monoisotopic (exact) mass is 420 g/mol. The molecule has 0 radical (unpaired) electrons. The van der Waals surface area contributed by atoms with Crippen LogP contribution in [0.4, 0.5) is 10.5 Å². The minimum Gasteiger partial charge on any atom is -0.484 e. The van der Waals surface area contributed by atoms with Gasteiger partial charge in [-0.15, -0.1) is 11.8 Å². The lowest BCUT2D eigenvalue weighted by Crippen LogP contribution is -2.51. The number of benzene rings is 2. The second kappa shape index (κ2) is 7.32. The molecule has 1 aliphatic carbocycles. The lowest BCUT2D eigenvalue weighted by Gasteiger charge is -2.45. The zero-order valence-electron chi connectivity index (χ0n) is 16.2. The van der Waals surface area contributed by atoms with Crippen LogP contribution in [0, 0.1) is 0 Å². The average Bonchev–Trinajstić information content (AvgIpc) is 2.78. The molecule has 1 fully saturated rings. The van der Waals surface area contributed by atoms with Gasteiger partial charge in [-0.05, 0) is 12.1 Å². The molecule has 3 aliphatic rings. The molecule has 6 nitrogen and oxygen atoms in total. The molecule has 1 spiro atoms. The highest BCUT2D eigenvalue weighted by molar-refractivity contribution is 8.04. The molecule has 2 aliphatic heterocycles. The molecule has 152 valence electrons. The summed E-state index contributed by atoms with van der Waals surface area (Å²) in [6.45, 7) is 1.13. The summed E-state index contributed by atoms with van der Waals surface area (Å²) in [4.78, 5) is 39.7. The number of allylic oxidation sites excluding steroid dienone is 1. The average molecular weight is 420 g/mol. The maximum Gasteiger partial charge on any atom is 0.321 e. The number of amides is 2. The third-order valence-electron chi connectivity index (χ3n) is 5.82. The highest BCUT2D eigenvalue weighted by Crippen LogP contribution is 2.47. The van der Waals surface area contributed by atoms with Crippen LogP contribution in [0.3, 0.4) is 0 Å². The molecule has 0 atom stereocenters. The van der Waals surface area contributed by atoms with Gasteiger partial charge in [-0.1, -0.05) is 42.5 Å². The number of hydrogen-bond acceptors (Lipinski definition) is 5. The lowest BCUT2D eigenvalue weighted by molar-refractivity contribution is -0.111. The van der Waals surface area contributed by atoms with Crippen molar-refractivity contribution in [3.8, 4) is 0 Å². The maximum absolute atomic E-state index is 12.6. The molecule has 2 aromatic carbocycles. The highest BCUT2D eigenvalue weighted by atomic mass is 32.2. The van der Waals surface area contributed by atoms with Crippen molar-refractivity contribution in [3.05, 3.63) is 70.6 Å². The third-order valence-corrected chi connectivity index (χ3v) is 7.15.